The van der Waals surface area contributed by atoms with Crippen molar-refractivity contribution in [2.45, 2.75) is 26.3 Å². The fourth-order valence-corrected chi connectivity index (χ4v) is 0.724. The van der Waals surface area contributed by atoms with Crippen molar-refractivity contribution in [2.24, 2.45) is 0 Å². The minimum absolute atomic E-state index is 0.466. The molecular weight excluding hydrogens is 158 g/mol. The van der Waals surface area contributed by atoms with Crippen LogP contribution in [0.1, 0.15) is 20.3 Å². The molecule has 0 aliphatic rings. The van der Waals surface area contributed by atoms with Crippen molar-refractivity contribution in [1.82, 2.24) is 5.32 Å². The molecule has 4 heteroatoms. The van der Waals surface area contributed by atoms with Crippen LogP contribution in [-0.4, -0.2) is 36.9 Å². The van der Waals surface area contributed by atoms with Crippen LogP contribution in [0.25, 0.3) is 0 Å². The Labute approximate surface area is 72.9 Å². The second kappa shape index (κ2) is 7.06. The van der Waals surface area contributed by atoms with Crippen LogP contribution in [0.15, 0.2) is 0 Å². The van der Waals surface area contributed by atoms with Gasteiger partial charge in [0.2, 0.25) is 0 Å². The molecule has 0 saturated carbocycles. The zero-order valence-corrected chi connectivity index (χ0v) is 7.67. The van der Waals surface area contributed by atoms with Gasteiger partial charge in [-0.25, -0.2) is 0 Å². The molecule has 0 rings (SSSR count). The lowest BCUT2D eigenvalue weighted by Gasteiger charge is -2.08. The lowest BCUT2D eigenvalue weighted by atomic mass is 10.3. The van der Waals surface area contributed by atoms with E-state index in [2.05, 4.69) is 5.32 Å². The standard InChI is InChI=1S/C8H17NO3/c1-3-12-6-4-5-9-7(2)8(10)11/h7,9H,3-6H2,1-2H3,(H,10,11)/t7-/m1/s1. The smallest absolute Gasteiger partial charge is 0.320 e. The number of ether oxygens (including phenoxy) is 1. The summed E-state index contributed by atoms with van der Waals surface area (Å²) in [4.78, 5) is 10.3. The highest BCUT2D eigenvalue weighted by Gasteiger charge is 2.07. The summed E-state index contributed by atoms with van der Waals surface area (Å²) in [5.41, 5.74) is 0. The van der Waals surface area contributed by atoms with E-state index in [0.717, 1.165) is 6.42 Å². The van der Waals surface area contributed by atoms with E-state index in [1.807, 2.05) is 6.92 Å². The van der Waals surface area contributed by atoms with E-state index >= 15 is 0 Å². The second-order valence-corrected chi connectivity index (χ2v) is 2.56. The van der Waals surface area contributed by atoms with Gasteiger partial charge in [-0.2, -0.15) is 0 Å². The highest BCUT2D eigenvalue weighted by molar-refractivity contribution is 5.72. The van der Waals surface area contributed by atoms with E-state index in [1.54, 1.807) is 6.92 Å². The van der Waals surface area contributed by atoms with Crippen molar-refractivity contribution in [1.29, 1.82) is 0 Å². The van der Waals surface area contributed by atoms with Crippen LogP contribution in [-0.2, 0) is 9.53 Å². The number of carboxylic acids is 1. The molecule has 12 heavy (non-hydrogen) atoms. The third-order valence-corrected chi connectivity index (χ3v) is 1.49. The van der Waals surface area contributed by atoms with Gasteiger partial charge in [0.05, 0.1) is 0 Å². The molecule has 0 radical (unpaired) electrons. The molecule has 2 N–H and O–H groups in total. The molecule has 0 aromatic heterocycles. The molecule has 0 saturated heterocycles. The summed E-state index contributed by atoms with van der Waals surface area (Å²) in [5, 5.41) is 11.4. The molecule has 0 aromatic carbocycles. The Bertz CT molecular complexity index is 127. The molecule has 0 spiro atoms. The van der Waals surface area contributed by atoms with Crippen LogP contribution in [0, 0.1) is 0 Å². The average molecular weight is 175 g/mol. The Kier molecular flexibility index (Phi) is 6.70. The van der Waals surface area contributed by atoms with Crippen molar-refractivity contribution < 1.29 is 14.6 Å². The van der Waals surface area contributed by atoms with E-state index in [9.17, 15) is 4.79 Å². The largest absolute Gasteiger partial charge is 0.480 e. The first-order chi connectivity index (χ1) is 5.68. The molecule has 4 nitrogen and oxygen atoms in total. The SMILES string of the molecule is CCOCCCN[C@H](C)C(=O)O. The van der Waals surface area contributed by atoms with Crippen LogP contribution in [0.3, 0.4) is 0 Å². The number of rotatable bonds is 7. The van der Waals surface area contributed by atoms with Gasteiger partial charge >= 0.3 is 5.97 Å². The van der Waals surface area contributed by atoms with Gasteiger partial charge in [0.15, 0.2) is 0 Å². The number of carboxylic acid groups (broad SMARTS) is 1. The summed E-state index contributed by atoms with van der Waals surface area (Å²) < 4.78 is 5.09. The monoisotopic (exact) mass is 175 g/mol. The fourth-order valence-electron chi connectivity index (χ4n) is 0.724. The van der Waals surface area contributed by atoms with E-state index in [1.165, 1.54) is 0 Å². The fraction of sp³-hybridized carbons (Fsp3) is 0.875. The number of nitrogens with one attached hydrogen (secondary N) is 1. The van der Waals surface area contributed by atoms with Crippen molar-refractivity contribution in [3.63, 3.8) is 0 Å². The second-order valence-electron chi connectivity index (χ2n) is 2.56. The predicted molar refractivity (Wildman–Crippen MR) is 46.2 cm³/mol. The summed E-state index contributed by atoms with van der Waals surface area (Å²) >= 11 is 0. The van der Waals surface area contributed by atoms with Gasteiger partial charge in [-0.1, -0.05) is 0 Å². The molecule has 0 fully saturated rings. The summed E-state index contributed by atoms with van der Waals surface area (Å²) in [6.45, 7) is 5.66. The first kappa shape index (κ1) is 11.4. The summed E-state index contributed by atoms with van der Waals surface area (Å²) in [5.74, 6) is -0.814. The van der Waals surface area contributed by atoms with E-state index in [-0.39, 0.29) is 0 Å². The summed E-state index contributed by atoms with van der Waals surface area (Å²) in [6.07, 6.45) is 0.853. The van der Waals surface area contributed by atoms with Gasteiger partial charge in [0, 0.05) is 13.2 Å². The average Bonchev–Trinajstić information content (AvgIpc) is 2.03. The van der Waals surface area contributed by atoms with Crippen molar-refractivity contribution in [3.8, 4) is 0 Å². The zero-order chi connectivity index (χ0) is 9.40. The van der Waals surface area contributed by atoms with Gasteiger partial charge in [0.25, 0.3) is 0 Å². The topological polar surface area (TPSA) is 58.6 Å². The highest BCUT2D eigenvalue weighted by atomic mass is 16.5. The maximum absolute atomic E-state index is 10.3. The van der Waals surface area contributed by atoms with Gasteiger partial charge in [-0.3, -0.25) is 4.79 Å². The maximum atomic E-state index is 10.3. The number of aliphatic carboxylic acids is 1. The van der Waals surface area contributed by atoms with Crippen LogP contribution in [0.5, 0.6) is 0 Å². The van der Waals surface area contributed by atoms with E-state index in [0.29, 0.717) is 19.8 Å². The van der Waals surface area contributed by atoms with Crippen LogP contribution < -0.4 is 5.32 Å². The maximum Gasteiger partial charge on any atom is 0.320 e. The Morgan fingerprint density at radius 3 is 2.83 bits per heavy atom. The first-order valence-electron chi connectivity index (χ1n) is 4.22. The molecule has 0 unspecified atom stereocenters. The van der Waals surface area contributed by atoms with Gasteiger partial charge in [-0.15, -0.1) is 0 Å². The van der Waals surface area contributed by atoms with Crippen molar-refractivity contribution >= 4 is 5.97 Å². The van der Waals surface area contributed by atoms with Crippen LogP contribution in [0.2, 0.25) is 0 Å². The minimum atomic E-state index is -0.814. The molecule has 0 aliphatic heterocycles. The molecule has 0 aliphatic carbocycles. The van der Waals surface area contributed by atoms with E-state index < -0.39 is 12.0 Å². The normalized spacial score (nSPS) is 12.8. The Morgan fingerprint density at radius 2 is 2.33 bits per heavy atom. The molecule has 0 bridgehead atoms. The minimum Gasteiger partial charge on any atom is -0.480 e. The van der Waals surface area contributed by atoms with Gasteiger partial charge < -0.3 is 15.2 Å². The molecule has 0 aromatic rings. The molecule has 1 atom stereocenters. The third-order valence-electron chi connectivity index (χ3n) is 1.49. The molecule has 72 valence electrons. The Balaban J connectivity index is 3.14. The van der Waals surface area contributed by atoms with Crippen LogP contribution >= 0.6 is 0 Å². The quantitative estimate of drug-likeness (QED) is 0.552. The number of hydrogen-bond donors (Lipinski definition) is 2. The Hall–Kier alpha value is -0.610. The van der Waals surface area contributed by atoms with Crippen molar-refractivity contribution in [3.05, 3.63) is 0 Å². The molecular formula is C8H17NO3. The van der Waals surface area contributed by atoms with E-state index in [4.69, 9.17) is 9.84 Å². The first-order valence-corrected chi connectivity index (χ1v) is 4.22. The highest BCUT2D eigenvalue weighted by Crippen LogP contribution is 1.84. The van der Waals surface area contributed by atoms with Crippen LogP contribution in [0.4, 0.5) is 0 Å². The van der Waals surface area contributed by atoms with Gasteiger partial charge in [0.1, 0.15) is 6.04 Å². The third kappa shape index (κ3) is 6.12. The summed E-state index contributed by atoms with van der Waals surface area (Å²) in [7, 11) is 0. The predicted octanol–water partition coefficient (Wildman–Crippen LogP) is 0.476. The zero-order valence-electron chi connectivity index (χ0n) is 7.67. The summed E-state index contributed by atoms with van der Waals surface area (Å²) in [6, 6.07) is -0.466. The van der Waals surface area contributed by atoms with Gasteiger partial charge in [-0.05, 0) is 26.8 Å². The molecule has 0 amide bonds. The molecule has 0 heterocycles. The number of carbonyl (C=O) groups is 1. The lowest BCUT2D eigenvalue weighted by Crippen LogP contribution is -2.34. The van der Waals surface area contributed by atoms with Crippen molar-refractivity contribution in [2.75, 3.05) is 19.8 Å². The number of hydrogen-bond acceptors (Lipinski definition) is 3. The lowest BCUT2D eigenvalue weighted by molar-refractivity contribution is -0.139. The Morgan fingerprint density at radius 1 is 1.67 bits per heavy atom.